The van der Waals surface area contributed by atoms with Crippen LogP contribution in [0.1, 0.15) is 79.4 Å². The topological polar surface area (TPSA) is 139 Å². The van der Waals surface area contributed by atoms with Crippen molar-refractivity contribution >= 4 is 23.2 Å². The van der Waals surface area contributed by atoms with Gasteiger partial charge in [0.15, 0.2) is 0 Å². The SMILES string of the molecule is Cc1csc(CN(C)C(=O)c2cc(-c3nccn3C)cc(C(N)=O)c2[C@H](Cc2ccccc2)[C@@H](O)CNCc2cncc(C(C)C)c2)n1. The summed E-state index contributed by atoms with van der Waals surface area (Å²) in [5.41, 5.74) is 11.5. The number of thiazole rings is 1. The fourth-order valence-electron chi connectivity index (χ4n) is 5.89. The lowest BCUT2D eigenvalue weighted by atomic mass is 9.80. The summed E-state index contributed by atoms with van der Waals surface area (Å²) in [6.07, 6.45) is 6.51. The van der Waals surface area contributed by atoms with E-state index >= 15 is 0 Å². The van der Waals surface area contributed by atoms with Crippen molar-refractivity contribution in [3.63, 3.8) is 0 Å². The molecule has 3 aromatic heterocycles. The second kappa shape index (κ2) is 15.5. The average molecular weight is 666 g/mol. The summed E-state index contributed by atoms with van der Waals surface area (Å²) < 4.78 is 1.82. The van der Waals surface area contributed by atoms with Crippen LogP contribution in [-0.2, 0) is 26.6 Å². The summed E-state index contributed by atoms with van der Waals surface area (Å²) in [5.74, 6) is -0.745. The molecule has 0 aliphatic rings. The van der Waals surface area contributed by atoms with Gasteiger partial charge in [-0.2, -0.15) is 0 Å². The lowest BCUT2D eigenvalue weighted by molar-refractivity contribution is 0.0780. The largest absolute Gasteiger partial charge is 0.391 e. The monoisotopic (exact) mass is 665 g/mol. The average Bonchev–Trinajstić information content (AvgIpc) is 3.70. The van der Waals surface area contributed by atoms with Gasteiger partial charge in [-0.3, -0.25) is 14.6 Å². The summed E-state index contributed by atoms with van der Waals surface area (Å²) in [6.45, 7) is 7.13. The minimum absolute atomic E-state index is 0.172. The number of amides is 2. The smallest absolute Gasteiger partial charge is 0.254 e. The first-order chi connectivity index (χ1) is 23.0. The molecular formula is C37H43N7O3S. The summed E-state index contributed by atoms with van der Waals surface area (Å²) in [6, 6.07) is 15.3. The third-order valence-electron chi connectivity index (χ3n) is 8.44. The third-order valence-corrected chi connectivity index (χ3v) is 9.39. The van der Waals surface area contributed by atoms with Crippen LogP contribution in [0.5, 0.6) is 0 Å². The zero-order chi connectivity index (χ0) is 34.4. The van der Waals surface area contributed by atoms with E-state index in [1.165, 1.54) is 11.3 Å². The fourth-order valence-corrected chi connectivity index (χ4v) is 6.71. The molecule has 5 rings (SSSR count). The summed E-state index contributed by atoms with van der Waals surface area (Å²) in [5, 5.41) is 18.1. The van der Waals surface area contributed by atoms with Gasteiger partial charge in [-0.1, -0.05) is 50.2 Å². The molecule has 2 amide bonds. The Morgan fingerprint density at radius 2 is 1.83 bits per heavy atom. The van der Waals surface area contributed by atoms with Gasteiger partial charge in [0.25, 0.3) is 5.91 Å². The first kappa shape index (κ1) is 34.6. The molecule has 0 unspecified atom stereocenters. The minimum atomic E-state index is -0.984. The maximum absolute atomic E-state index is 14.4. The van der Waals surface area contributed by atoms with Crippen LogP contribution in [0.4, 0.5) is 0 Å². The second-order valence-corrected chi connectivity index (χ2v) is 13.5. The van der Waals surface area contributed by atoms with Crippen LogP contribution in [0.15, 0.2) is 78.7 Å². The van der Waals surface area contributed by atoms with Crippen LogP contribution in [0.3, 0.4) is 0 Å². The number of benzene rings is 2. The van der Waals surface area contributed by atoms with Gasteiger partial charge in [-0.15, -0.1) is 11.3 Å². The molecule has 0 saturated carbocycles. The van der Waals surface area contributed by atoms with Crippen molar-refractivity contribution in [3.05, 3.63) is 123 Å². The summed E-state index contributed by atoms with van der Waals surface area (Å²) >= 11 is 1.48. The van der Waals surface area contributed by atoms with Crippen molar-refractivity contribution in [2.24, 2.45) is 12.8 Å². The Labute approximate surface area is 285 Å². The zero-order valence-electron chi connectivity index (χ0n) is 28.1. The number of primary amides is 1. The molecule has 11 heteroatoms. The highest BCUT2D eigenvalue weighted by molar-refractivity contribution is 7.09. The van der Waals surface area contributed by atoms with Gasteiger partial charge in [0.05, 0.1) is 12.6 Å². The number of nitrogens with zero attached hydrogens (tertiary/aromatic N) is 5. The molecule has 5 aromatic rings. The fraction of sp³-hybridized carbons (Fsp3) is 0.324. The number of imidazole rings is 1. The lowest BCUT2D eigenvalue weighted by Gasteiger charge is -2.29. The number of aliphatic hydroxyl groups excluding tert-OH is 1. The molecule has 0 aliphatic carbocycles. The predicted octanol–water partition coefficient (Wildman–Crippen LogP) is 5.22. The number of pyridine rings is 1. The molecule has 10 nitrogen and oxygen atoms in total. The molecule has 0 radical (unpaired) electrons. The number of nitrogens with one attached hydrogen (secondary N) is 1. The van der Waals surface area contributed by atoms with E-state index in [9.17, 15) is 14.7 Å². The van der Waals surface area contributed by atoms with Crippen molar-refractivity contribution in [1.29, 1.82) is 0 Å². The van der Waals surface area contributed by atoms with E-state index in [4.69, 9.17) is 5.73 Å². The number of hydrogen-bond acceptors (Lipinski definition) is 8. The van der Waals surface area contributed by atoms with Crippen molar-refractivity contribution in [3.8, 4) is 11.4 Å². The van der Waals surface area contributed by atoms with Gasteiger partial charge in [0.1, 0.15) is 10.8 Å². The molecule has 48 heavy (non-hydrogen) atoms. The number of aryl methyl sites for hydroxylation is 2. The number of rotatable bonds is 14. The molecule has 0 bridgehead atoms. The lowest BCUT2D eigenvalue weighted by Crippen LogP contribution is -2.36. The zero-order valence-corrected chi connectivity index (χ0v) is 28.9. The maximum Gasteiger partial charge on any atom is 0.254 e. The van der Waals surface area contributed by atoms with Crippen LogP contribution in [0, 0.1) is 6.92 Å². The Balaban J connectivity index is 1.58. The quantitative estimate of drug-likeness (QED) is 0.148. The van der Waals surface area contributed by atoms with E-state index in [2.05, 4.69) is 40.2 Å². The van der Waals surface area contributed by atoms with Gasteiger partial charge in [-0.25, -0.2) is 9.97 Å². The summed E-state index contributed by atoms with van der Waals surface area (Å²) in [4.78, 5) is 42.7. The van der Waals surface area contributed by atoms with Crippen molar-refractivity contribution in [2.75, 3.05) is 13.6 Å². The highest BCUT2D eigenvalue weighted by Gasteiger charge is 2.32. The van der Waals surface area contributed by atoms with E-state index in [-0.39, 0.29) is 30.1 Å². The molecule has 0 saturated heterocycles. The molecule has 0 spiro atoms. The Hall–Kier alpha value is -4.71. The highest BCUT2D eigenvalue weighted by Crippen LogP contribution is 2.35. The van der Waals surface area contributed by atoms with Crippen molar-refractivity contribution in [2.45, 2.75) is 58.2 Å². The minimum Gasteiger partial charge on any atom is -0.391 e. The van der Waals surface area contributed by atoms with E-state index in [0.717, 1.165) is 27.4 Å². The number of nitrogens with two attached hydrogens (primary N) is 1. The van der Waals surface area contributed by atoms with E-state index in [0.29, 0.717) is 35.8 Å². The molecule has 0 fully saturated rings. The first-order valence-electron chi connectivity index (χ1n) is 16.0. The molecule has 2 atom stereocenters. The van der Waals surface area contributed by atoms with E-state index in [1.807, 2.05) is 66.6 Å². The Kier molecular flexibility index (Phi) is 11.2. The molecule has 3 heterocycles. The van der Waals surface area contributed by atoms with Crippen LogP contribution >= 0.6 is 11.3 Å². The van der Waals surface area contributed by atoms with Crippen LogP contribution in [0.2, 0.25) is 0 Å². The Bertz CT molecular complexity index is 1870. The highest BCUT2D eigenvalue weighted by atomic mass is 32.1. The Morgan fingerprint density at radius 3 is 2.48 bits per heavy atom. The summed E-state index contributed by atoms with van der Waals surface area (Å²) in [7, 11) is 3.56. The van der Waals surface area contributed by atoms with Gasteiger partial charge in [0, 0.05) is 85.7 Å². The first-order valence-corrected chi connectivity index (χ1v) is 16.9. The molecule has 0 aliphatic heterocycles. The molecule has 4 N–H and O–H groups in total. The molecular weight excluding hydrogens is 623 g/mol. The van der Waals surface area contributed by atoms with E-state index in [1.54, 1.807) is 36.5 Å². The number of carbonyl (C=O) groups excluding carboxylic acids is 2. The van der Waals surface area contributed by atoms with Gasteiger partial charge in [-0.05, 0) is 53.6 Å². The van der Waals surface area contributed by atoms with Crippen LogP contribution < -0.4 is 11.1 Å². The van der Waals surface area contributed by atoms with Crippen LogP contribution in [0.25, 0.3) is 11.4 Å². The van der Waals surface area contributed by atoms with Crippen molar-refractivity contribution in [1.82, 2.24) is 29.7 Å². The number of aromatic nitrogens is 4. The predicted molar refractivity (Wildman–Crippen MR) is 189 cm³/mol. The van der Waals surface area contributed by atoms with Crippen molar-refractivity contribution < 1.29 is 14.7 Å². The van der Waals surface area contributed by atoms with Gasteiger partial charge in [0.2, 0.25) is 5.91 Å². The van der Waals surface area contributed by atoms with Crippen LogP contribution in [-0.4, -0.2) is 61.0 Å². The normalized spacial score (nSPS) is 12.6. The third kappa shape index (κ3) is 8.22. The van der Waals surface area contributed by atoms with Gasteiger partial charge >= 0.3 is 0 Å². The number of carbonyl (C=O) groups is 2. The van der Waals surface area contributed by atoms with Gasteiger partial charge < -0.3 is 25.6 Å². The molecule has 2 aromatic carbocycles. The maximum atomic E-state index is 14.4. The Morgan fingerprint density at radius 1 is 1.08 bits per heavy atom. The number of hydrogen-bond donors (Lipinski definition) is 3. The van der Waals surface area contributed by atoms with E-state index < -0.39 is 17.9 Å². The second-order valence-electron chi connectivity index (χ2n) is 12.5. The standard InChI is InChI=1S/C37H43N7O3S/c1-23(2)28-13-26(17-39-19-28)18-40-20-32(45)29(14-25-9-7-6-8-10-25)34-30(35(38)46)15-27(36-41-11-12-43(36)4)16-31(34)37(47)44(5)21-33-42-24(3)22-48-33/h6-13,15-17,19,22-23,29,32,40,45H,14,18,20-21H2,1-5H3,(H2,38,46)/t29-,32+/m1/s1. The molecule has 250 valence electrons. The number of aliphatic hydroxyl groups is 1.